The summed E-state index contributed by atoms with van der Waals surface area (Å²) in [5.74, 6) is 1.47. The lowest BCUT2D eigenvalue weighted by atomic mass is 10.1. The lowest BCUT2D eigenvalue weighted by molar-refractivity contribution is -0.129. The monoisotopic (exact) mass is 394 g/mol. The van der Waals surface area contributed by atoms with Gasteiger partial charge < -0.3 is 9.47 Å². The minimum Gasteiger partial charge on any atom is -0.339 e. The van der Waals surface area contributed by atoms with Gasteiger partial charge in [-0.25, -0.2) is 9.97 Å². The fourth-order valence-electron chi connectivity index (χ4n) is 4.70. The molecule has 1 amide bonds. The number of hydrogen-bond acceptors (Lipinski definition) is 3. The highest BCUT2D eigenvalue weighted by atomic mass is 35.5. The molecule has 144 valence electrons. The normalized spacial score (nSPS) is 20.5. The Bertz CT molecular complexity index is 1020. The molecule has 3 aromatic rings. The Morgan fingerprint density at radius 3 is 2.86 bits per heavy atom. The summed E-state index contributed by atoms with van der Waals surface area (Å²) >= 11 is 6.33. The second-order valence-corrected chi connectivity index (χ2v) is 8.37. The zero-order chi connectivity index (χ0) is 19.1. The number of fused-ring (bicyclic) bond motifs is 1. The number of pyridine rings is 1. The standard InChI is InChI=1S/C22H23ClN4O/c23-18-7-3-4-16-8-9-19(25-21(16)18)22-24-10-11-26(22)13-15-12-20(28)27(14-15)17-5-1-2-6-17/h3-4,7-11,15,17H,1-2,5-6,12-14H2. The second-order valence-electron chi connectivity index (χ2n) is 7.97. The predicted octanol–water partition coefficient (Wildman–Crippen LogP) is 4.54. The molecule has 28 heavy (non-hydrogen) atoms. The number of amides is 1. The van der Waals surface area contributed by atoms with E-state index < -0.39 is 0 Å². The molecule has 0 N–H and O–H groups in total. The van der Waals surface area contributed by atoms with Crippen LogP contribution in [-0.4, -0.2) is 37.9 Å². The van der Waals surface area contributed by atoms with E-state index in [1.165, 1.54) is 12.8 Å². The van der Waals surface area contributed by atoms with E-state index in [2.05, 4.69) is 14.5 Å². The summed E-state index contributed by atoms with van der Waals surface area (Å²) in [5.41, 5.74) is 1.60. The van der Waals surface area contributed by atoms with Gasteiger partial charge in [-0.15, -0.1) is 0 Å². The number of likely N-dealkylation sites (tertiary alicyclic amines) is 1. The van der Waals surface area contributed by atoms with Gasteiger partial charge in [0.1, 0.15) is 5.69 Å². The van der Waals surface area contributed by atoms with Crippen molar-refractivity contribution in [3.05, 3.63) is 47.7 Å². The van der Waals surface area contributed by atoms with E-state index in [1.807, 2.05) is 36.5 Å². The van der Waals surface area contributed by atoms with E-state index >= 15 is 0 Å². The molecule has 2 aromatic heterocycles. The van der Waals surface area contributed by atoms with Gasteiger partial charge in [0, 0.05) is 49.2 Å². The number of rotatable bonds is 4. The SMILES string of the molecule is O=C1CC(Cn2ccnc2-c2ccc3cccc(Cl)c3n2)CN1C1CCCC1. The van der Waals surface area contributed by atoms with Crippen molar-refractivity contribution in [2.45, 2.75) is 44.7 Å². The Morgan fingerprint density at radius 2 is 2.00 bits per heavy atom. The van der Waals surface area contributed by atoms with Crippen LogP contribution in [-0.2, 0) is 11.3 Å². The van der Waals surface area contributed by atoms with Gasteiger partial charge in [-0.3, -0.25) is 4.79 Å². The highest BCUT2D eigenvalue weighted by Crippen LogP contribution is 2.31. The van der Waals surface area contributed by atoms with Crippen LogP contribution < -0.4 is 0 Å². The van der Waals surface area contributed by atoms with Crippen molar-refractivity contribution in [2.75, 3.05) is 6.54 Å². The summed E-state index contributed by atoms with van der Waals surface area (Å²) in [5, 5.41) is 1.66. The van der Waals surface area contributed by atoms with E-state index in [1.54, 1.807) is 6.20 Å². The van der Waals surface area contributed by atoms with Gasteiger partial charge in [-0.05, 0) is 25.0 Å². The van der Waals surface area contributed by atoms with Gasteiger partial charge in [0.2, 0.25) is 5.91 Å². The highest BCUT2D eigenvalue weighted by molar-refractivity contribution is 6.35. The lowest BCUT2D eigenvalue weighted by Gasteiger charge is -2.24. The largest absolute Gasteiger partial charge is 0.339 e. The summed E-state index contributed by atoms with van der Waals surface area (Å²) < 4.78 is 2.13. The highest BCUT2D eigenvalue weighted by Gasteiger charge is 2.35. The lowest BCUT2D eigenvalue weighted by Crippen LogP contribution is -2.34. The number of nitrogens with zero attached hydrogens (tertiary/aromatic N) is 4. The summed E-state index contributed by atoms with van der Waals surface area (Å²) in [6.45, 7) is 1.64. The van der Waals surface area contributed by atoms with E-state index in [9.17, 15) is 4.79 Å². The van der Waals surface area contributed by atoms with Gasteiger partial charge >= 0.3 is 0 Å². The first-order chi connectivity index (χ1) is 13.7. The Labute approximate surface area is 169 Å². The number of hydrogen-bond donors (Lipinski definition) is 0. The summed E-state index contributed by atoms with van der Waals surface area (Å²) in [6, 6.07) is 10.3. The molecule has 1 aliphatic carbocycles. The van der Waals surface area contributed by atoms with Crippen LogP contribution in [0.15, 0.2) is 42.7 Å². The first-order valence-electron chi connectivity index (χ1n) is 10.1. The van der Waals surface area contributed by atoms with Gasteiger partial charge in [0.05, 0.1) is 10.5 Å². The Hall–Kier alpha value is -2.40. The van der Waals surface area contributed by atoms with Crippen LogP contribution in [0.3, 0.4) is 0 Å². The molecule has 0 radical (unpaired) electrons. The molecule has 5 nitrogen and oxygen atoms in total. The van der Waals surface area contributed by atoms with Gasteiger partial charge in [-0.2, -0.15) is 0 Å². The maximum absolute atomic E-state index is 12.5. The molecule has 1 saturated heterocycles. The van der Waals surface area contributed by atoms with Crippen molar-refractivity contribution >= 4 is 28.4 Å². The van der Waals surface area contributed by atoms with Crippen molar-refractivity contribution in [1.29, 1.82) is 0 Å². The summed E-state index contributed by atoms with van der Waals surface area (Å²) in [7, 11) is 0. The van der Waals surface area contributed by atoms with E-state index in [4.69, 9.17) is 16.6 Å². The van der Waals surface area contributed by atoms with Crippen molar-refractivity contribution < 1.29 is 4.79 Å². The number of carbonyl (C=O) groups excluding carboxylic acids is 1. The molecule has 1 aliphatic heterocycles. The quantitative estimate of drug-likeness (QED) is 0.652. The van der Waals surface area contributed by atoms with Crippen LogP contribution in [0.2, 0.25) is 5.02 Å². The van der Waals surface area contributed by atoms with Crippen LogP contribution in [0.1, 0.15) is 32.1 Å². The fraction of sp³-hybridized carbons (Fsp3) is 0.409. The molecule has 1 unspecified atom stereocenters. The molecule has 1 atom stereocenters. The molecule has 1 aromatic carbocycles. The van der Waals surface area contributed by atoms with Crippen molar-refractivity contribution in [2.24, 2.45) is 5.92 Å². The van der Waals surface area contributed by atoms with Crippen molar-refractivity contribution in [3.63, 3.8) is 0 Å². The van der Waals surface area contributed by atoms with Crippen molar-refractivity contribution in [3.8, 4) is 11.5 Å². The third-order valence-electron chi connectivity index (χ3n) is 6.07. The molecular formula is C22H23ClN4O. The first-order valence-corrected chi connectivity index (χ1v) is 10.4. The molecule has 0 bridgehead atoms. The maximum Gasteiger partial charge on any atom is 0.223 e. The Balaban J connectivity index is 1.38. The van der Waals surface area contributed by atoms with E-state index in [-0.39, 0.29) is 0 Å². The number of carbonyl (C=O) groups is 1. The van der Waals surface area contributed by atoms with Gasteiger partial charge in [0.15, 0.2) is 5.82 Å². The minimum absolute atomic E-state index is 0.314. The number of benzene rings is 1. The molecule has 2 aliphatic rings. The smallest absolute Gasteiger partial charge is 0.223 e. The molecule has 1 saturated carbocycles. The zero-order valence-electron chi connectivity index (χ0n) is 15.7. The number of para-hydroxylation sites is 1. The number of halogens is 1. The predicted molar refractivity (Wildman–Crippen MR) is 110 cm³/mol. The first kappa shape index (κ1) is 17.7. The van der Waals surface area contributed by atoms with Crippen molar-refractivity contribution in [1.82, 2.24) is 19.4 Å². The molecule has 0 spiro atoms. The topological polar surface area (TPSA) is 51.0 Å². The third kappa shape index (κ3) is 3.18. The maximum atomic E-state index is 12.5. The minimum atomic E-state index is 0.314. The average Bonchev–Trinajstić information content (AvgIpc) is 3.43. The summed E-state index contributed by atoms with van der Waals surface area (Å²) in [6.07, 6.45) is 9.25. The summed E-state index contributed by atoms with van der Waals surface area (Å²) in [4.78, 5) is 23.9. The van der Waals surface area contributed by atoms with E-state index in [0.717, 1.165) is 48.4 Å². The third-order valence-corrected chi connectivity index (χ3v) is 6.38. The molecule has 6 heteroatoms. The van der Waals surface area contributed by atoms with Gasteiger partial charge in [-0.1, -0.05) is 42.6 Å². The molecule has 2 fully saturated rings. The van der Waals surface area contributed by atoms with Crippen LogP contribution in [0.5, 0.6) is 0 Å². The average molecular weight is 395 g/mol. The second kappa shape index (κ2) is 7.21. The van der Waals surface area contributed by atoms with Crippen LogP contribution >= 0.6 is 11.6 Å². The number of imidazole rings is 1. The zero-order valence-corrected chi connectivity index (χ0v) is 16.5. The van der Waals surface area contributed by atoms with Crippen LogP contribution in [0.4, 0.5) is 0 Å². The Kier molecular flexibility index (Phi) is 4.55. The van der Waals surface area contributed by atoms with Crippen LogP contribution in [0.25, 0.3) is 22.4 Å². The van der Waals surface area contributed by atoms with Crippen LogP contribution in [0, 0.1) is 5.92 Å². The molecule has 5 rings (SSSR count). The Morgan fingerprint density at radius 1 is 1.14 bits per heavy atom. The molecule has 3 heterocycles. The number of aromatic nitrogens is 3. The van der Waals surface area contributed by atoms with E-state index in [0.29, 0.717) is 29.3 Å². The fourth-order valence-corrected chi connectivity index (χ4v) is 4.93. The van der Waals surface area contributed by atoms with Gasteiger partial charge in [0.25, 0.3) is 0 Å². The molecular weight excluding hydrogens is 372 g/mol.